The van der Waals surface area contributed by atoms with Crippen molar-refractivity contribution in [1.82, 2.24) is 9.97 Å². The Kier molecular flexibility index (Phi) is 2.76. The standard InChI is InChI=1S/C15H13N3O/c1-10-4-2-3-5-14(10)19-15-12-8-11(16)6-7-13(12)17-9-18-15/h2-9H,16H2,1H3. The van der Waals surface area contributed by atoms with E-state index in [1.807, 2.05) is 49.4 Å². The van der Waals surface area contributed by atoms with E-state index in [1.54, 1.807) is 0 Å². The smallest absolute Gasteiger partial charge is 0.230 e. The van der Waals surface area contributed by atoms with Gasteiger partial charge in [0.25, 0.3) is 0 Å². The Hall–Kier alpha value is -2.62. The summed E-state index contributed by atoms with van der Waals surface area (Å²) in [5.41, 5.74) is 8.34. The Morgan fingerprint density at radius 3 is 2.74 bits per heavy atom. The van der Waals surface area contributed by atoms with Crippen molar-refractivity contribution in [2.24, 2.45) is 0 Å². The molecular weight excluding hydrogens is 238 g/mol. The highest BCUT2D eigenvalue weighted by Crippen LogP contribution is 2.29. The van der Waals surface area contributed by atoms with Gasteiger partial charge in [0.05, 0.1) is 10.9 Å². The van der Waals surface area contributed by atoms with Crippen LogP contribution < -0.4 is 10.5 Å². The molecule has 0 bridgehead atoms. The van der Waals surface area contributed by atoms with Crippen molar-refractivity contribution >= 4 is 16.6 Å². The Bertz CT molecular complexity index is 740. The minimum Gasteiger partial charge on any atom is -0.438 e. The van der Waals surface area contributed by atoms with Crippen LogP contribution in [0.4, 0.5) is 5.69 Å². The zero-order valence-corrected chi connectivity index (χ0v) is 10.5. The lowest BCUT2D eigenvalue weighted by atomic mass is 10.2. The molecular formula is C15H13N3O. The third kappa shape index (κ3) is 2.20. The maximum Gasteiger partial charge on any atom is 0.230 e. The molecule has 2 N–H and O–H groups in total. The van der Waals surface area contributed by atoms with Gasteiger partial charge in [0.15, 0.2) is 0 Å². The Morgan fingerprint density at radius 1 is 1.05 bits per heavy atom. The number of anilines is 1. The quantitative estimate of drug-likeness (QED) is 0.710. The van der Waals surface area contributed by atoms with E-state index in [0.717, 1.165) is 22.2 Å². The van der Waals surface area contributed by atoms with Gasteiger partial charge in [-0.2, -0.15) is 0 Å². The Balaban J connectivity index is 2.10. The molecule has 3 rings (SSSR count). The summed E-state index contributed by atoms with van der Waals surface area (Å²) in [7, 11) is 0. The highest BCUT2D eigenvalue weighted by molar-refractivity contribution is 5.86. The van der Waals surface area contributed by atoms with Crippen LogP contribution in [0, 0.1) is 6.92 Å². The van der Waals surface area contributed by atoms with E-state index in [2.05, 4.69) is 9.97 Å². The minimum atomic E-state index is 0.520. The van der Waals surface area contributed by atoms with E-state index in [9.17, 15) is 0 Å². The fourth-order valence-electron chi connectivity index (χ4n) is 1.91. The zero-order chi connectivity index (χ0) is 13.2. The highest BCUT2D eigenvalue weighted by atomic mass is 16.5. The summed E-state index contributed by atoms with van der Waals surface area (Å²) in [6.07, 6.45) is 1.49. The van der Waals surface area contributed by atoms with Gasteiger partial charge in [-0.25, -0.2) is 9.97 Å². The molecule has 0 aliphatic rings. The van der Waals surface area contributed by atoms with Crippen molar-refractivity contribution in [2.45, 2.75) is 6.92 Å². The number of nitrogen functional groups attached to an aromatic ring is 1. The van der Waals surface area contributed by atoms with Crippen LogP contribution in [0.15, 0.2) is 48.8 Å². The van der Waals surface area contributed by atoms with Crippen LogP contribution in [0.2, 0.25) is 0 Å². The molecule has 0 aliphatic heterocycles. The molecule has 0 spiro atoms. The SMILES string of the molecule is Cc1ccccc1Oc1ncnc2ccc(N)cc12. The number of rotatable bonds is 2. The van der Waals surface area contributed by atoms with Gasteiger partial charge in [-0.05, 0) is 36.8 Å². The maximum atomic E-state index is 5.87. The number of para-hydroxylation sites is 1. The maximum absolute atomic E-state index is 5.87. The Morgan fingerprint density at radius 2 is 1.89 bits per heavy atom. The van der Waals surface area contributed by atoms with Crippen LogP contribution in [0.1, 0.15) is 5.56 Å². The lowest BCUT2D eigenvalue weighted by Gasteiger charge is -2.09. The fraction of sp³-hybridized carbons (Fsp3) is 0.0667. The molecule has 2 aromatic carbocycles. The lowest BCUT2D eigenvalue weighted by Crippen LogP contribution is -1.94. The first-order valence-corrected chi connectivity index (χ1v) is 5.98. The molecule has 0 fully saturated rings. The summed E-state index contributed by atoms with van der Waals surface area (Å²) in [6, 6.07) is 13.3. The largest absolute Gasteiger partial charge is 0.438 e. The second-order valence-electron chi connectivity index (χ2n) is 4.32. The molecule has 19 heavy (non-hydrogen) atoms. The first-order valence-electron chi connectivity index (χ1n) is 5.98. The van der Waals surface area contributed by atoms with Gasteiger partial charge in [-0.1, -0.05) is 18.2 Å². The number of nitrogens with zero attached hydrogens (tertiary/aromatic N) is 2. The topological polar surface area (TPSA) is 61.0 Å². The van der Waals surface area contributed by atoms with Crippen LogP contribution in [0.5, 0.6) is 11.6 Å². The second-order valence-corrected chi connectivity index (χ2v) is 4.32. The van der Waals surface area contributed by atoms with Crippen LogP contribution in [0.25, 0.3) is 10.9 Å². The summed E-state index contributed by atoms with van der Waals surface area (Å²) in [5, 5.41) is 0.811. The van der Waals surface area contributed by atoms with E-state index in [-0.39, 0.29) is 0 Å². The molecule has 1 aromatic heterocycles. The van der Waals surface area contributed by atoms with E-state index in [1.165, 1.54) is 6.33 Å². The summed E-state index contributed by atoms with van der Waals surface area (Å²) < 4.78 is 5.87. The number of aryl methyl sites for hydroxylation is 1. The van der Waals surface area contributed by atoms with Crippen molar-refractivity contribution in [3.8, 4) is 11.6 Å². The molecule has 0 saturated heterocycles. The number of nitrogens with two attached hydrogens (primary N) is 1. The van der Waals surface area contributed by atoms with Gasteiger partial charge in [-0.15, -0.1) is 0 Å². The Labute approximate surface area is 110 Å². The number of fused-ring (bicyclic) bond motifs is 1. The van der Waals surface area contributed by atoms with Gasteiger partial charge in [0.2, 0.25) is 5.88 Å². The second kappa shape index (κ2) is 4.57. The van der Waals surface area contributed by atoms with Crippen LogP contribution >= 0.6 is 0 Å². The molecule has 3 aromatic rings. The van der Waals surface area contributed by atoms with E-state index in [0.29, 0.717) is 11.6 Å². The number of hydrogen-bond acceptors (Lipinski definition) is 4. The molecule has 0 atom stereocenters. The predicted octanol–water partition coefficient (Wildman–Crippen LogP) is 3.31. The van der Waals surface area contributed by atoms with Crippen molar-refractivity contribution in [3.63, 3.8) is 0 Å². The monoisotopic (exact) mass is 251 g/mol. The zero-order valence-electron chi connectivity index (χ0n) is 10.5. The summed E-state index contributed by atoms with van der Waals surface area (Å²) in [5.74, 6) is 1.30. The third-order valence-electron chi connectivity index (χ3n) is 2.92. The molecule has 0 saturated carbocycles. The normalized spacial score (nSPS) is 10.6. The van der Waals surface area contributed by atoms with Crippen LogP contribution in [-0.2, 0) is 0 Å². The van der Waals surface area contributed by atoms with Gasteiger partial charge < -0.3 is 10.5 Å². The van der Waals surface area contributed by atoms with Crippen LogP contribution in [-0.4, -0.2) is 9.97 Å². The van der Waals surface area contributed by atoms with E-state index < -0.39 is 0 Å². The molecule has 4 heteroatoms. The molecule has 94 valence electrons. The summed E-state index contributed by atoms with van der Waals surface area (Å²) >= 11 is 0. The molecule has 0 unspecified atom stereocenters. The van der Waals surface area contributed by atoms with Gasteiger partial charge >= 0.3 is 0 Å². The predicted molar refractivity (Wildman–Crippen MR) is 75.2 cm³/mol. The first-order chi connectivity index (χ1) is 9.24. The number of ether oxygens (including phenoxy) is 1. The first kappa shape index (κ1) is 11.5. The van der Waals surface area contributed by atoms with Crippen molar-refractivity contribution in [2.75, 3.05) is 5.73 Å². The number of benzene rings is 2. The summed E-state index contributed by atoms with van der Waals surface area (Å²) in [6.45, 7) is 1.99. The van der Waals surface area contributed by atoms with Gasteiger partial charge in [0, 0.05) is 5.69 Å². The fourth-order valence-corrected chi connectivity index (χ4v) is 1.91. The van der Waals surface area contributed by atoms with Crippen molar-refractivity contribution < 1.29 is 4.74 Å². The van der Waals surface area contributed by atoms with Crippen molar-refractivity contribution in [3.05, 3.63) is 54.4 Å². The third-order valence-corrected chi connectivity index (χ3v) is 2.92. The molecule has 0 radical (unpaired) electrons. The molecule has 0 aliphatic carbocycles. The van der Waals surface area contributed by atoms with Gasteiger partial charge in [-0.3, -0.25) is 0 Å². The minimum absolute atomic E-state index is 0.520. The van der Waals surface area contributed by atoms with E-state index in [4.69, 9.17) is 10.5 Å². The summed E-state index contributed by atoms with van der Waals surface area (Å²) in [4.78, 5) is 8.40. The number of aromatic nitrogens is 2. The molecule has 1 heterocycles. The lowest BCUT2D eigenvalue weighted by molar-refractivity contribution is 0.464. The average molecular weight is 251 g/mol. The number of hydrogen-bond donors (Lipinski definition) is 1. The van der Waals surface area contributed by atoms with Gasteiger partial charge in [0.1, 0.15) is 12.1 Å². The van der Waals surface area contributed by atoms with Crippen LogP contribution in [0.3, 0.4) is 0 Å². The molecule has 0 amide bonds. The van der Waals surface area contributed by atoms with Crippen molar-refractivity contribution in [1.29, 1.82) is 0 Å². The average Bonchev–Trinajstić information content (AvgIpc) is 2.42. The highest BCUT2D eigenvalue weighted by Gasteiger charge is 2.07. The van der Waals surface area contributed by atoms with E-state index >= 15 is 0 Å². The molecule has 4 nitrogen and oxygen atoms in total.